The maximum Gasteiger partial charge on any atom is 0.0572 e. The summed E-state index contributed by atoms with van der Waals surface area (Å²) in [5, 5.41) is 4.32. The van der Waals surface area contributed by atoms with E-state index in [1.54, 1.807) is 0 Å². The maximum absolute atomic E-state index is 4.35. The summed E-state index contributed by atoms with van der Waals surface area (Å²) in [5.74, 6) is 0. The van der Waals surface area contributed by atoms with E-state index in [1.807, 2.05) is 73.8 Å². The zero-order valence-electron chi connectivity index (χ0n) is 17.2. The Labute approximate surface area is 196 Å². The molecule has 33 heavy (non-hydrogen) atoms. The lowest BCUT2D eigenvalue weighted by Crippen LogP contribution is -1.99. The number of nitrogens with zero attached hydrogens (tertiary/aromatic N) is 6. The molecule has 6 heterocycles. The molecule has 0 spiro atoms. The molecule has 0 fully saturated rings. The number of halogens is 1. The van der Waals surface area contributed by atoms with Crippen LogP contribution in [0.1, 0.15) is 0 Å². The van der Waals surface area contributed by atoms with Gasteiger partial charge in [-0.2, -0.15) is 0 Å². The highest BCUT2D eigenvalue weighted by Gasteiger charge is 2.16. The minimum atomic E-state index is 0.992. The summed E-state index contributed by atoms with van der Waals surface area (Å²) in [6.45, 7) is 0. The molecule has 0 N–H and O–H groups in total. The van der Waals surface area contributed by atoms with E-state index >= 15 is 0 Å². The summed E-state index contributed by atoms with van der Waals surface area (Å²) in [4.78, 5) is 17.4. The Morgan fingerprint density at radius 1 is 0.485 bits per heavy atom. The standard InChI is InChI=1S/C26H15BrN6/c27-16-9-17(32-23-1-5-28-12-19(23)20-13-29-6-2-24(20)32)11-18(10-16)33-25-3-7-30-14-21(25)22-15-31-8-4-26(22)33/h1-15H. The lowest BCUT2D eigenvalue weighted by atomic mass is 10.2. The second-order valence-corrected chi connectivity index (χ2v) is 8.83. The molecular weight excluding hydrogens is 476 g/mol. The van der Waals surface area contributed by atoms with E-state index in [2.05, 4.69) is 63.2 Å². The SMILES string of the molecule is Brc1cc(-n2c3ccncc3c3cnccc32)cc(-n2c3ccncc3c3cnccc32)c1. The first-order valence-corrected chi connectivity index (χ1v) is 11.3. The maximum atomic E-state index is 4.35. The zero-order chi connectivity index (χ0) is 21.9. The molecule has 0 bridgehead atoms. The normalized spacial score (nSPS) is 11.8. The summed E-state index contributed by atoms with van der Waals surface area (Å²) >= 11 is 3.76. The van der Waals surface area contributed by atoms with Gasteiger partial charge in [-0.3, -0.25) is 19.9 Å². The van der Waals surface area contributed by atoms with Crippen molar-refractivity contribution in [3.05, 3.63) is 96.5 Å². The van der Waals surface area contributed by atoms with Crippen LogP contribution in [0.25, 0.3) is 55.0 Å². The van der Waals surface area contributed by atoms with E-state index in [1.165, 1.54) is 0 Å². The third-order valence-corrected chi connectivity index (χ3v) is 6.58. The molecule has 156 valence electrons. The quantitative estimate of drug-likeness (QED) is 0.288. The third-order valence-electron chi connectivity index (χ3n) is 6.12. The van der Waals surface area contributed by atoms with E-state index in [9.17, 15) is 0 Å². The first kappa shape index (κ1) is 18.5. The third kappa shape index (κ3) is 2.66. The first-order chi connectivity index (χ1) is 16.3. The highest BCUT2D eigenvalue weighted by molar-refractivity contribution is 9.10. The van der Waals surface area contributed by atoms with Gasteiger partial charge in [0.2, 0.25) is 0 Å². The van der Waals surface area contributed by atoms with Crippen LogP contribution in [0.5, 0.6) is 0 Å². The Kier molecular flexibility index (Phi) is 3.89. The van der Waals surface area contributed by atoms with Crippen LogP contribution in [-0.2, 0) is 0 Å². The van der Waals surface area contributed by atoms with Crippen molar-refractivity contribution in [3.8, 4) is 11.4 Å². The van der Waals surface area contributed by atoms with Gasteiger partial charge in [-0.05, 0) is 42.5 Å². The first-order valence-electron chi connectivity index (χ1n) is 10.5. The van der Waals surface area contributed by atoms with Gasteiger partial charge >= 0.3 is 0 Å². The molecule has 1 aromatic carbocycles. The van der Waals surface area contributed by atoms with Crippen molar-refractivity contribution >= 4 is 59.5 Å². The second kappa shape index (κ2) is 6.95. The van der Waals surface area contributed by atoms with Gasteiger partial charge in [0.05, 0.1) is 22.1 Å². The monoisotopic (exact) mass is 490 g/mol. The minimum Gasteiger partial charge on any atom is -0.309 e. The van der Waals surface area contributed by atoms with Crippen molar-refractivity contribution in [2.45, 2.75) is 0 Å². The number of fused-ring (bicyclic) bond motifs is 6. The van der Waals surface area contributed by atoms with Gasteiger partial charge in [0.1, 0.15) is 0 Å². The fourth-order valence-electron chi connectivity index (χ4n) is 4.79. The number of benzene rings is 1. The Bertz CT molecular complexity index is 1610. The van der Waals surface area contributed by atoms with E-state index in [4.69, 9.17) is 0 Å². The van der Waals surface area contributed by atoms with Crippen LogP contribution in [0, 0.1) is 0 Å². The molecule has 0 unspecified atom stereocenters. The van der Waals surface area contributed by atoms with Crippen molar-refractivity contribution in [3.63, 3.8) is 0 Å². The summed E-state index contributed by atoms with van der Waals surface area (Å²) in [6, 6.07) is 14.7. The molecule has 0 saturated carbocycles. The van der Waals surface area contributed by atoms with Crippen LogP contribution in [0.4, 0.5) is 0 Å². The molecule has 0 amide bonds. The van der Waals surface area contributed by atoms with Gasteiger partial charge in [-0.1, -0.05) is 15.9 Å². The summed E-state index contributed by atoms with van der Waals surface area (Å²) < 4.78 is 5.52. The largest absolute Gasteiger partial charge is 0.309 e. The Hall–Kier alpha value is -4.10. The van der Waals surface area contributed by atoms with Gasteiger partial charge in [0, 0.05) is 87.0 Å². The van der Waals surface area contributed by atoms with Crippen LogP contribution >= 0.6 is 15.9 Å². The van der Waals surface area contributed by atoms with Crippen molar-refractivity contribution in [1.29, 1.82) is 0 Å². The molecule has 0 aliphatic heterocycles. The van der Waals surface area contributed by atoms with Crippen molar-refractivity contribution < 1.29 is 0 Å². The summed E-state index contributed by atoms with van der Waals surface area (Å²) in [7, 11) is 0. The van der Waals surface area contributed by atoms with E-state index in [0.717, 1.165) is 59.5 Å². The number of pyridine rings is 4. The van der Waals surface area contributed by atoms with Crippen molar-refractivity contribution in [2.24, 2.45) is 0 Å². The van der Waals surface area contributed by atoms with Gasteiger partial charge in [0.25, 0.3) is 0 Å². The fourth-order valence-corrected chi connectivity index (χ4v) is 5.26. The summed E-state index contributed by atoms with van der Waals surface area (Å²) in [5.41, 5.74) is 6.46. The smallest absolute Gasteiger partial charge is 0.0572 e. The number of aromatic nitrogens is 6. The molecule has 0 saturated heterocycles. The zero-order valence-corrected chi connectivity index (χ0v) is 18.8. The van der Waals surface area contributed by atoms with Crippen LogP contribution < -0.4 is 0 Å². The minimum absolute atomic E-state index is 0.992. The van der Waals surface area contributed by atoms with Crippen LogP contribution in [-0.4, -0.2) is 29.1 Å². The van der Waals surface area contributed by atoms with Crippen molar-refractivity contribution in [2.75, 3.05) is 0 Å². The van der Waals surface area contributed by atoms with Crippen LogP contribution in [0.2, 0.25) is 0 Å². The van der Waals surface area contributed by atoms with E-state index in [0.29, 0.717) is 0 Å². The molecule has 0 atom stereocenters. The van der Waals surface area contributed by atoms with Gasteiger partial charge in [-0.15, -0.1) is 0 Å². The Morgan fingerprint density at radius 2 is 0.818 bits per heavy atom. The predicted molar refractivity (Wildman–Crippen MR) is 134 cm³/mol. The van der Waals surface area contributed by atoms with Crippen LogP contribution in [0.3, 0.4) is 0 Å². The Morgan fingerprint density at radius 3 is 1.15 bits per heavy atom. The molecule has 0 radical (unpaired) electrons. The molecule has 0 aliphatic carbocycles. The molecule has 7 aromatic rings. The fraction of sp³-hybridized carbons (Fsp3) is 0. The summed E-state index contributed by atoms with van der Waals surface area (Å²) in [6.07, 6.45) is 14.9. The van der Waals surface area contributed by atoms with Gasteiger partial charge in [-0.25, -0.2) is 0 Å². The number of hydrogen-bond donors (Lipinski definition) is 0. The number of rotatable bonds is 2. The topological polar surface area (TPSA) is 61.4 Å². The molecule has 7 rings (SSSR count). The molecule has 6 nitrogen and oxygen atoms in total. The lowest BCUT2D eigenvalue weighted by Gasteiger charge is -2.13. The number of hydrogen-bond acceptors (Lipinski definition) is 4. The lowest BCUT2D eigenvalue weighted by molar-refractivity contribution is 1.12. The van der Waals surface area contributed by atoms with E-state index in [-0.39, 0.29) is 0 Å². The van der Waals surface area contributed by atoms with Crippen molar-refractivity contribution in [1.82, 2.24) is 29.1 Å². The highest BCUT2D eigenvalue weighted by atomic mass is 79.9. The van der Waals surface area contributed by atoms with E-state index < -0.39 is 0 Å². The average Bonchev–Trinajstić information content (AvgIpc) is 3.37. The second-order valence-electron chi connectivity index (χ2n) is 7.91. The average molecular weight is 491 g/mol. The predicted octanol–water partition coefficient (Wildman–Crippen LogP) is 6.22. The van der Waals surface area contributed by atoms with Gasteiger partial charge in [0.15, 0.2) is 0 Å². The Balaban J connectivity index is 1.58. The molecular formula is C26H15BrN6. The molecule has 6 aromatic heterocycles. The van der Waals surface area contributed by atoms with Gasteiger partial charge < -0.3 is 9.13 Å². The molecule has 0 aliphatic rings. The highest BCUT2D eigenvalue weighted by Crippen LogP contribution is 2.35. The van der Waals surface area contributed by atoms with Crippen LogP contribution in [0.15, 0.2) is 96.5 Å². The molecule has 7 heteroatoms.